The van der Waals surface area contributed by atoms with Crippen LogP contribution in [0.1, 0.15) is 20.8 Å². The van der Waals surface area contributed by atoms with Crippen molar-refractivity contribution in [2.24, 2.45) is 5.92 Å². The van der Waals surface area contributed by atoms with E-state index in [0.717, 1.165) is 5.92 Å². The molecular weight excluding hydrogens is 251 g/mol. The molecule has 0 saturated carbocycles. The summed E-state index contributed by atoms with van der Waals surface area (Å²) in [5.74, 6) is 0.833. The van der Waals surface area contributed by atoms with Crippen molar-refractivity contribution < 1.29 is 45.0 Å². The average Bonchev–Trinajstić information content (AvgIpc) is 1.76. The molecule has 0 atom stereocenters. The van der Waals surface area contributed by atoms with E-state index in [-0.39, 0.29) is 29.6 Å². The second-order valence-electron chi connectivity index (χ2n) is 2.58. The molecule has 0 spiro atoms. The molecule has 0 aromatic carbocycles. The van der Waals surface area contributed by atoms with E-state index in [4.69, 9.17) is 45.0 Å². The molecule has 0 radical (unpaired) electrons. The van der Waals surface area contributed by atoms with Gasteiger partial charge in [0.25, 0.3) is 0 Å². The van der Waals surface area contributed by atoms with Crippen molar-refractivity contribution >= 4 is 48.0 Å². The van der Waals surface area contributed by atoms with Crippen molar-refractivity contribution in [3.8, 4) is 0 Å². The van der Waals surface area contributed by atoms with Gasteiger partial charge in [-0.1, -0.05) is 20.8 Å². The van der Waals surface area contributed by atoms with Crippen LogP contribution >= 0.6 is 0 Å². The fraction of sp³-hybridized carbons (Fsp3) is 0.571. The van der Waals surface area contributed by atoms with E-state index in [1.54, 1.807) is 0 Å². The Hall–Kier alpha value is -1.19. The Bertz CT molecular complexity index is 148. The first-order valence-electron chi connectivity index (χ1n) is 3.69. The van der Waals surface area contributed by atoms with Gasteiger partial charge in [-0.15, -0.1) is 0 Å². The van der Waals surface area contributed by atoms with Crippen LogP contribution in [-0.2, 0) is 0 Å². The molecule has 0 aliphatic heterocycles. The predicted molar refractivity (Wildman–Crippen MR) is 59.6 cm³/mol. The molecule has 10 heteroatoms. The molecule has 0 unspecified atom stereocenters. The number of carbonyl (C=O) groups is 3. The number of hydrogen-bond acceptors (Lipinski definition) is 3. The molecule has 0 aromatic heterocycles. The maximum absolute atomic E-state index is 8.56. The topological polar surface area (TPSA) is 173 Å². The van der Waals surface area contributed by atoms with Gasteiger partial charge in [0.05, 0.1) is 0 Å². The van der Waals surface area contributed by atoms with Gasteiger partial charge in [-0.25, -0.2) is 14.4 Å². The fourth-order valence-corrected chi connectivity index (χ4v) is 0. The number of rotatable bonds is 0. The van der Waals surface area contributed by atoms with Gasteiger partial charge in [-0.2, -0.15) is 0 Å². The van der Waals surface area contributed by atoms with E-state index in [0.29, 0.717) is 0 Å². The van der Waals surface area contributed by atoms with Gasteiger partial charge >= 0.3 is 48.0 Å². The minimum absolute atomic E-state index is 0. The summed E-state index contributed by atoms with van der Waals surface area (Å²) in [4.78, 5) is 25.7. The monoisotopic (exact) mass is 268 g/mol. The zero-order valence-corrected chi connectivity index (χ0v) is 8.99. The molecule has 0 bridgehead atoms. The first-order valence-corrected chi connectivity index (χ1v) is 3.69. The Morgan fingerprint density at radius 1 is 0.647 bits per heavy atom. The Labute approximate surface area is 120 Å². The summed E-state index contributed by atoms with van der Waals surface area (Å²) in [6.07, 6.45) is -5.50. The minimum atomic E-state index is -1.83. The second-order valence-corrected chi connectivity index (χ2v) is 2.58. The Kier molecular flexibility index (Phi) is 42.2. The van der Waals surface area contributed by atoms with E-state index in [1.165, 1.54) is 0 Å². The molecule has 100 valence electrons. The van der Waals surface area contributed by atoms with Crippen LogP contribution in [0.3, 0.4) is 0 Å². The van der Waals surface area contributed by atoms with E-state index in [2.05, 4.69) is 20.8 Å². The Balaban J connectivity index is -0.0000000369. The van der Waals surface area contributed by atoms with E-state index < -0.39 is 18.5 Å². The quantitative estimate of drug-likeness (QED) is 0.357. The van der Waals surface area contributed by atoms with Crippen LogP contribution in [0.15, 0.2) is 0 Å². The summed E-state index contributed by atoms with van der Waals surface area (Å²) in [6.45, 7) is 6.50. The van der Waals surface area contributed by atoms with Crippen molar-refractivity contribution in [2.75, 3.05) is 0 Å². The van der Waals surface area contributed by atoms with Crippen molar-refractivity contribution in [1.82, 2.24) is 0 Å². The molecule has 0 aliphatic carbocycles. The van der Waals surface area contributed by atoms with Crippen LogP contribution in [0.4, 0.5) is 14.4 Å². The fourth-order valence-electron chi connectivity index (χ4n) is 0. The normalized spacial score (nSPS) is 6.35. The summed E-state index contributed by atoms with van der Waals surface area (Å²) < 4.78 is 0. The van der Waals surface area contributed by atoms with Crippen molar-refractivity contribution in [1.29, 1.82) is 0 Å². The van der Waals surface area contributed by atoms with E-state index in [1.807, 2.05) is 0 Å². The average molecular weight is 268 g/mol. The van der Waals surface area contributed by atoms with Crippen LogP contribution in [0, 0.1) is 5.92 Å². The molecule has 0 aromatic rings. The third-order valence-electron chi connectivity index (χ3n) is 0. The first kappa shape index (κ1) is 29.7. The van der Waals surface area contributed by atoms with Crippen LogP contribution in [0.25, 0.3) is 0 Å². The maximum atomic E-state index is 8.56. The molecular formula is C7H17NaO9. The predicted octanol–water partition coefficient (Wildman–Crippen LogP) is 1.68. The number of hydrogen-bond donors (Lipinski definition) is 6. The molecule has 17 heavy (non-hydrogen) atoms. The van der Waals surface area contributed by atoms with Crippen LogP contribution in [0.2, 0.25) is 0 Å². The summed E-state index contributed by atoms with van der Waals surface area (Å²) in [7, 11) is 0. The molecule has 9 nitrogen and oxygen atoms in total. The van der Waals surface area contributed by atoms with Crippen molar-refractivity contribution in [3.63, 3.8) is 0 Å². The van der Waals surface area contributed by atoms with Crippen molar-refractivity contribution in [2.45, 2.75) is 20.8 Å². The summed E-state index contributed by atoms with van der Waals surface area (Å²) in [5, 5.41) is 41.8. The Morgan fingerprint density at radius 3 is 0.647 bits per heavy atom. The number of carboxylic acid groups (broad SMARTS) is 6. The van der Waals surface area contributed by atoms with Gasteiger partial charge in [0.2, 0.25) is 0 Å². The SMILES string of the molecule is CC(C)C.O=C(O)O.O=C(O)O.O=C(O)O.[NaH]. The third-order valence-corrected chi connectivity index (χ3v) is 0. The summed E-state index contributed by atoms with van der Waals surface area (Å²) in [5.41, 5.74) is 0. The zero-order valence-electron chi connectivity index (χ0n) is 8.99. The molecule has 0 fully saturated rings. The third kappa shape index (κ3) is 1720. The molecule has 6 N–H and O–H groups in total. The summed E-state index contributed by atoms with van der Waals surface area (Å²) in [6, 6.07) is 0. The molecule has 0 amide bonds. The van der Waals surface area contributed by atoms with Gasteiger partial charge in [-0.3, -0.25) is 0 Å². The zero-order chi connectivity index (χ0) is 14.3. The van der Waals surface area contributed by atoms with Gasteiger partial charge in [0, 0.05) is 0 Å². The van der Waals surface area contributed by atoms with Crippen LogP contribution in [-0.4, -0.2) is 78.7 Å². The van der Waals surface area contributed by atoms with E-state index >= 15 is 0 Å². The van der Waals surface area contributed by atoms with Gasteiger partial charge in [0.1, 0.15) is 0 Å². The van der Waals surface area contributed by atoms with Crippen LogP contribution < -0.4 is 0 Å². The second kappa shape index (κ2) is 24.2. The first-order chi connectivity index (χ1) is 6.93. The molecule has 0 rings (SSSR count). The van der Waals surface area contributed by atoms with Gasteiger partial charge < -0.3 is 30.6 Å². The molecule has 0 saturated heterocycles. The Morgan fingerprint density at radius 2 is 0.647 bits per heavy atom. The molecule has 0 heterocycles. The van der Waals surface area contributed by atoms with Gasteiger partial charge in [0.15, 0.2) is 0 Å². The van der Waals surface area contributed by atoms with Crippen LogP contribution in [0.5, 0.6) is 0 Å². The van der Waals surface area contributed by atoms with Gasteiger partial charge in [-0.05, 0) is 5.92 Å². The standard InChI is InChI=1S/C4H10.3CH2O3.Na.H/c1-4(2)3;3*2-1(3)4;;/h4H,1-3H3;3*(H2,2,3,4);;. The van der Waals surface area contributed by atoms with E-state index in [9.17, 15) is 0 Å². The molecule has 0 aliphatic rings. The van der Waals surface area contributed by atoms with Crippen molar-refractivity contribution in [3.05, 3.63) is 0 Å². The summed E-state index contributed by atoms with van der Waals surface area (Å²) >= 11 is 0.